The van der Waals surface area contributed by atoms with Crippen LogP contribution in [0.5, 0.6) is 0 Å². The van der Waals surface area contributed by atoms with Gasteiger partial charge in [-0.1, -0.05) is 11.6 Å². The van der Waals surface area contributed by atoms with Gasteiger partial charge in [-0.15, -0.1) is 0 Å². The Labute approximate surface area is 99.2 Å². The van der Waals surface area contributed by atoms with Crippen LogP contribution in [0.3, 0.4) is 0 Å². The Morgan fingerprint density at radius 2 is 2.25 bits per heavy atom. The summed E-state index contributed by atoms with van der Waals surface area (Å²) in [6, 6.07) is 0. The van der Waals surface area contributed by atoms with Gasteiger partial charge in [0.05, 0.1) is 12.2 Å². The highest BCUT2D eigenvalue weighted by Crippen LogP contribution is 2.07. The number of aromatic nitrogens is 2. The summed E-state index contributed by atoms with van der Waals surface area (Å²) in [7, 11) is 1.61. The summed E-state index contributed by atoms with van der Waals surface area (Å²) in [4.78, 5) is 19.2. The predicted octanol–water partition coefficient (Wildman–Crippen LogP) is 1.17. The van der Waals surface area contributed by atoms with Crippen molar-refractivity contribution < 1.29 is 9.53 Å². The number of rotatable bonds is 6. The highest BCUT2D eigenvalue weighted by Gasteiger charge is 2.05. The number of nitrogens with one attached hydrogen (secondary N) is 1. The van der Waals surface area contributed by atoms with E-state index in [0.29, 0.717) is 36.8 Å². The largest absolute Gasteiger partial charge is 0.385 e. The van der Waals surface area contributed by atoms with Gasteiger partial charge >= 0.3 is 0 Å². The molecular formula is C10H14ClN3O2. The third-order valence-corrected chi connectivity index (χ3v) is 2.24. The zero-order chi connectivity index (χ0) is 11.8. The second-order valence-corrected chi connectivity index (χ2v) is 3.52. The number of halogens is 1. The molecule has 1 aromatic heterocycles. The molecule has 0 bridgehead atoms. The molecule has 0 unspecified atom stereocenters. The lowest BCUT2D eigenvalue weighted by molar-refractivity contribution is -0.121. The van der Waals surface area contributed by atoms with Crippen LogP contribution in [0.2, 0.25) is 5.15 Å². The Morgan fingerprint density at radius 3 is 2.94 bits per heavy atom. The molecule has 6 heteroatoms. The van der Waals surface area contributed by atoms with Crippen molar-refractivity contribution in [3.05, 3.63) is 23.2 Å². The molecule has 0 spiro atoms. The van der Waals surface area contributed by atoms with Crippen LogP contribution in [0.1, 0.15) is 18.5 Å². The maximum atomic E-state index is 11.3. The van der Waals surface area contributed by atoms with E-state index in [9.17, 15) is 4.79 Å². The van der Waals surface area contributed by atoms with Gasteiger partial charge in [-0.2, -0.15) is 0 Å². The van der Waals surface area contributed by atoms with Crippen LogP contribution >= 0.6 is 11.6 Å². The number of ether oxygens (including phenoxy) is 1. The van der Waals surface area contributed by atoms with Crippen molar-refractivity contribution in [2.24, 2.45) is 0 Å². The third kappa shape index (κ3) is 4.55. The van der Waals surface area contributed by atoms with Crippen LogP contribution in [-0.4, -0.2) is 29.6 Å². The fourth-order valence-electron chi connectivity index (χ4n) is 1.12. The topological polar surface area (TPSA) is 64.1 Å². The summed E-state index contributed by atoms with van der Waals surface area (Å²) >= 11 is 5.79. The number of carbonyl (C=O) groups is 1. The summed E-state index contributed by atoms with van der Waals surface area (Å²) in [5.74, 6) is -0.0428. The minimum Gasteiger partial charge on any atom is -0.385 e. The van der Waals surface area contributed by atoms with E-state index >= 15 is 0 Å². The molecule has 0 aliphatic heterocycles. The standard InChI is InChI=1S/C10H14ClN3O2/c1-16-6-2-3-9(15)14-7-8-10(11)13-5-4-12-8/h4-5H,2-3,6-7H2,1H3,(H,14,15). The molecule has 0 radical (unpaired) electrons. The van der Waals surface area contributed by atoms with Gasteiger partial charge < -0.3 is 10.1 Å². The lowest BCUT2D eigenvalue weighted by Gasteiger charge is -2.05. The first-order valence-corrected chi connectivity index (χ1v) is 5.33. The van der Waals surface area contributed by atoms with Crippen molar-refractivity contribution in [2.45, 2.75) is 19.4 Å². The number of methoxy groups -OCH3 is 1. The molecule has 5 nitrogen and oxygen atoms in total. The van der Waals surface area contributed by atoms with Crippen molar-refractivity contribution >= 4 is 17.5 Å². The van der Waals surface area contributed by atoms with Crippen molar-refractivity contribution in [2.75, 3.05) is 13.7 Å². The Balaban J connectivity index is 2.29. The molecule has 0 fully saturated rings. The van der Waals surface area contributed by atoms with E-state index in [4.69, 9.17) is 16.3 Å². The number of nitrogens with zero attached hydrogens (tertiary/aromatic N) is 2. The molecule has 1 aromatic rings. The zero-order valence-electron chi connectivity index (χ0n) is 9.07. The number of amides is 1. The molecule has 1 N–H and O–H groups in total. The van der Waals surface area contributed by atoms with E-state index in [1.54, 1.807) is 7.11 Å². The summed E-state index contributed by atoms with van der Waals surface area (Å²) in [5, 5.41) is 3.04. The van der Waals surface area contributed by atoms with Gasteiger partial charge in [-0.3, -0.25) is 9.78 Å². The van der Waals surface area contributed by atoms with Gasteiger partial charge in [0, 0.05) is 32.5 Å². The molecular weight excluding hydrogens is 230 g/mol. The third-order valence-electron chi connectivity index (χ3n) is 1.93. The molecule has 0 aliphatic rings. The summed E-state index contributed by atoms with van der Waals surface area (Å²) in [6.45, 7) is 0.887. The maximum absolute atomic E-state index is 11.3. The first-order chi connectivity index (χ1) is 7.74. The van der Waals surface area contributed by atoms with Gasteiger partial charge in [-0.25, -0.2) is 4.98 Å². The Hall–Kier alpha value is -1.20. The van der Waals surface area contributed by atoms with Crippen LogP contribution in [0, 0.1) is 0 Å². The summed E-state index contributed by atoms with van der Waals surface area (Å²) in [5.41, 5.74) is 0.573. The smallest absolute Gasteiger partial charge is 0.220 e. The van der Waals surface area contributed by atoms with Crippen LogP contribution < -0.4 is 5.32 Å². The van der Waals surface area contributed by atoms with Gasteiger partial charge in [0.25, 0.3) is 0 Å². The first-order valence-electron chi connectivity index (χ1n) is 4.95. The lowest BCUT2D eigenvalue weighted by atomic mass is 10.3. The molecule has 1 heterocycles. The second-order valence-electron chi connectivity index (χ2n) is 3.17. The van der Waals surface area contributed by atoms with Crippen molar-refractivity contribution in [1.82, 2.24) is 15.3 Å². The lowest BCUT2D eigenvalue weighted by Crippen LogP contribution is -2.23. The van der Waals surface area contributed by atoms with E-state index in [1.807, 2.05) is 0 Å². The SMILES string of the molecule is COCCCC(=O)NCc1nccnc1Cl. The van der Waals surface area contributed by atoms with Crippen molar-refractivity contribution in [3.63, 3.8) is 0 Å². The second kappa shape index (κ2) is 7.14. The Kier molecular flexibility index (Phi) is 5.74. The van der Waals surface area contributed by atoms with Crippen molar-refractivity contribution in [1.29, 1.82) is 0 Å². The van der Waals surface area contributed by atoms with Crippen LogP contribution in [0.15, 0.2) is 12.4 Å². The fourth-order valence-corrected chi connectivity index (χ4v) is 1.29. The zero-order valence-corrected chi connectivity index (χ0v) is 9.83. The van der Waals surface area contributed by atoms with Crippen LogP contribution in [0.4, 0.5) is 0 Å². The molecule has 0 saturated heterocycles. The number of carbonyl (C=O) groups excluding carboxylic acids is 1. The fraction of sp³-hybridized carbons (Fsp3) is 0.500. The maximum Gasteiger partial charge on any atom is 0.220 e. The van der Waals surface area contributed by atoms with E-state index in [-0.39, 0.29) is 5.91 Å². The molecule has 0 atom stereocenters. The summed E-state index contributed by atoms with van der Waals surface area (Å²) in [6.07, 6.45) is 4.19. The van der Waals surface area contributed by atoms with Gasteiger partial charge in [0.1, 0.15) is 0 Å². The normalized spacial score (nSPS) is 10.1. The van der Waals surface area contributed by atoms with E-state index in [1.165, 1.54) is 12.4 Å². The molecule has 1 amide bonds. The molecule has 0 aromatic carbocycles. The van der Waals surface area contributed by atoms with Crippen LogP contribution in [0.25, 0.3) is 0 Å². The predicted molar refractivity (Wildman–Crippen MR) is 60.0 cm³/mol. The van der Waals surface area contributed by atoms with Crippen molar-refractivity contribution in [3.8, 4) is 0 Å². The van der Waals surface area contributed by atoms with Gasteiger partial charge in [0.2, 0.25) is 5.91 Å². The molecule has 0 aliphatic carbocycles. The van der Waals surface area contributed by atoms with Gasteiger partial charge in [-0.05, 0) is 6.42 Å². The Morgan fingerprint density at radius 1 is 1.50 bits per heavy atom. The van der Waals surface area contributed by atoms with E-state index in [2.05, 4.69) is 15.3 Å². The molecule has 16 heavy (non-hydrogen) atoms. The number of hydrogen-bond acceptors (Lipinski definition) is 4. The highest BCUT2D eigenvalue weighted by atomic mass is 35.5. The molecule has 0 saturated carbocycles. The minimum atomic E-state index is -0.0428. The quantitative estimate of drug-likeness (QED) is 0.762. The monoisotopic (exact) mass is 243 g/mol. The average molecular weight is 244 g/mol. The average Bonchev–Trinajstić information content (AvgIpc) is 2.28. The van der Waals surface area contributed by atoms with Crippen LogP contribution in [-0.2, 0) is 16.1 Å². The Bertz CT molecular complexity index is 347. The summed E-state index contributed by atoms with van der Waals surface area (Å²) < 4.78 is 4.85. The molecule has 88 valence electrons. The first kappa shape index (κ1) is 12.9. The number of hydrogen-bond donors (Lipinski definition) is 1. The molecule has 1 rings (SSSR count). The highest BCUT2D eigenvalue weighted by molar-refractivity contribution is 6.29. The van der Waals surface area contributed by atoms with E-state index < -0.39 is 0 Å². The minimum absolute atomic E-state index is 0.0428. The van der Waals surface area contributed by atoms with E-state index in [0.717, 1.165) is 0 Å². The van der Waals surface area contributed by atoms with Gasteiger partial charge in [0.15, 0.2) is 5.15 Å².